The summed E-state index contributed by atoms with van der Waals surface area (Å²) in [5, 5.41) is 5.81. The van der Waals surface area contributed by atoms with Crippen LogP contribution in [0.1, 0.15) is 56.6 Å². The molecule has 3 amide bonds. The summed E-state index contributed by atoms with van der Waals surface area (Å²) in [6.07, 6.45) is 5.81. The van der Waals surface area contributed by atoms with Crippen molar-refractivity contribution in [3.05, 3.63) is 84.3 Å². The summed E-state index contributed by atoms with van der Waals surface area (Å²) in [5.74, 6) is -0.312. The van der Waals surface area contributed by atoms with E-state index in [4.69, 9.17) is 4.74 Å². The number of carbonyl (C=O) groups is 3. The molecule has 1 atom stereocenters. The van der Waals surface area contributed by atoms with E-state index < -0.39 is 11.9 Å². The number of nitrogens with zero attached hydrogens (tertiary/aromatic N) is 2. The molecule has 0 spiro atoms. The lowest BCUT2D eigenvalue weighted by Gasteiger charge is -2.32. The Hall–Kier alpha value is -4.27. The zero-order chi connectivity index (χ0) is 27.6. The van der Waals surface area contributed by atoms with Gasteiger partial charge in [-0.15, -0.1) is 0 Å². The normalized spacial score (nSPS) is 13.9. The molecule has 1 aliphatic carbocycles. The van der Waals surface area contributed by atoms with Gasteiger partial charge in [0.1, 0.15) is 23.4 Å². The maximum Gasteiger partial charge on any atom is 0.248 e. The minimum atomic E-state index is -1.02. The van der Waals surface area contributed by atoms with Gasteiger partial charge in [-0.2, -0.15) is 0 Å². The van der Waals surface area contributed by atoms with Gasteiger partial charge in [0, 0.05) is 30.8 Å². The Morgan fingerprint density at radius 2 is 1.72 bits per heavy atom. The molecule has 4 rings (SSSR count). The van der Waals surface area contributed by atoms with Crippen LogP contribution in [-0.2, 0) is 14.4 Å². The third-order valence-electron chi connectivity index (χ3n) is 6.74. The Kier molecular flexibility index (Phi) is 9.61. The van der Waals surface area contributed by atoms with Crippen molar-refractivity contribution in [3.8, 4) is 5.75 Å². The van der Waals surface area contributed by atoms with E-state index in [9.17, 15) is 18.8 Å². The molecule has 3 aromatic rings. The van der Waals surface area contributed by atoms with Crippen LogP contribution in [-0.4, -0.2) is 35.9 Å². The number of anilines is 2. The van der Waals surface area contributed by atoms with Crippen molar-refractivity contribution in [2.24, 2.45) is 0 Å². The van der Waals surface area contributed by atoms with Crippen molar-refractivity contribution in [2.75, 3.05) is 17.3 Å². The quantitative estimate of drug-likeness (QED) is 0.355. The van der Waals surface area contributed by atoms with Crippen LogP contribution in [0.2, 0.25) is 0 Å². The Morgan fingerprint density at radius 3 is 2.36 bits per heavy atom. The molecule has 2 N–H and O–H groups in total. The average molecular weight is 533 g/mol. The summed E-state index contributed by atoms with van der Waals surface area (Å²) in [6.45, 7) is 0. The standard InChI is InChI=1S/C30H33FN4O4/c1-39-25-18-16-24(17-19-25)35(28(37)11-6-10-27(36)34-26-9-4-5-20-32-26)29(21-12-14-22(31)15-13-21)30(38)33-23-7-2-3-8-23/h4-5,9,12-20,23,29H,2-3,6-8,10-11H2,1H3,(H,33,38)(H,32,34,36). The first-order valence-electron chi connectivity index (χ1n) is 13.2. The molecule has 0 radical (unpaired) electrons. The molecule has 1 aromatic heterocycles. The zero-order valence-electron chi connectivity index (χ0n) is 21.9. The van der Waals surface area contributed by atoms with Gasteiger partial charge < -0.3 is 15.4 Å². The number of amides is 3. The first kappa shape index (κ1) is 27.8. The Labute approximate surface area is 227 Å². The second-order valence-electron chi connectivity index (χ2n) is 9.52. The Balaban J connectivity index is 1.57. The minimum Gasteiger partial charge on any atom is -0.497 e. The highest BCUT2D eigenvalue weighted by Crippen LogP contribution is 2.31. The second-order valence-corrected chi connectivity index (χ2v) is 9.52. The topological polar surface area (TPSA) is 101 Å². The van der Waals surface area contributed by atoms with Crippen LogP contribution in [0.3, 0.4) is 0 Å². The first-order valence-corrected chi connectivity index (χ1v) is 13.2. The molecule has 8 nitrogen and oxygen atoms in total. The number of carbonyl (C=O) groups excluding carboxylic acids is 3. The molecule has 39 heavy (non-hydrogen) atoms. The van der Waals surface area contributed by atoms with E-state index in [1.54, 1.807) is 55.8 Å². The van der Waals surface area contributed by atoms with Crippen molar-refractivity contribution in [1.29, 1.82) is 0 Å². The summed E-state index contributed by atoms with van der Waals surface area (Å²) in [4.78, 5) is 45.4. The fourth-order valence-corrected chi connectivity index (χ4v) is 4.76. The number of aromatic nitrogens is 1. The predicted molar refractivity (Wildman–Crippen MR) is 147 cm³/mol. The number of nitrogens with one attached hydrogen (secondary N) is 2. The second kappa shape index (κ2) is 13.5. The van der Waals surface area contributed by atoms with Crippen LogP contribution in [0.15, 0.2) is 72.9 Å². The van der Waals surface area contributed by atoms with Gasteiger partial charge in [0.2, 0.25) is 17.7 Å². The molecule has 0 aliphatic heterocycles. The van der Waals surface area contributed by atoms with Gasteiger partial charge in [0.15, 0.2) is 0 Å². The van der Waals surface area contributed by atoms with Crippen LogP contribution < -0.4 is 20.3 Å². The van der Waals surface area contributed by atoms with Crippen molar-refractivity contribution in [1.82, 2.24) is 10.3 Å². The van der Waals surface area contributed by atoms with Gasteiger partial charge in [-0.05, 0) is 73.4 Å². The van der Waals surface area contributed by atoms with Gasteiger partial charge in [-0.1, -0.05) is 31.0 Å². The molecule has 204 valence electrons. The van der Waals surface area contributed by atoms with Crippen LogP contribution in [0, 0.1) is 5.82 Å². The van der Waals surface area contributed by atoms with Crippen LogP contribution in [0.25, 0.3) is 0 Å². The SMILES string of the molecule is COc1ccc(N(C(=O)CCCC(=O)Nc2ccccn2)C(C(=O)NC2CCCC2)c2ccc(F)cc2)cc1. The number of hydrogen-bond acceptors (Lipinski definition) is 5. The summed E-state index contributed by atoms with van der Waals surface area (Å²) < 4.78 is 19.1. The molecule has 0 saturated heterocycles. The molecule has 1 unspecified atom stereocenters. The van der Waals surface area contributed by atoms with Gasteiger partial charge in [0.25, 0.3) is 0 Å². The van der Waals surface area contributed by atoms with E-state index in [0.717, 1.165) is 25.7 Å². The molecule has 1 saturated carbocycles. The molecule has 2 aromatic carbocycles. The zero-order valence-corrected chi connectivity index (χ0v) is 21.9. The lowest BCUT2D eigenvalue weighted by molar-refractivity contribution is -0.127. The van der Waals surface area contributed by atoms with Crippen LogP contribution in [0.5, 0.6) is 5.75 Å². The van der Waals surface area contributed by atoms with Gasteiger partial charge >= 0.3 is 0 Å². The molecular weight excluding hydrogens is 499 g/mol. The molecule has 1 heterocycles. The number of ether oxygens (including phenoxy) is 1. The largest absolute Gasteiger partial charge is 0.497 e. The Bertz CT molecular complexity index is 1250. The monoisotopic (exact) mass is 532 g/mol. The van der Waals surface area contributed by atoms with Crippen LogP contribution in [0.4, 0.5) is 15.9 Å². The highest BCUT2D eigenvalue weighted by atomic mass is 19.1. The summed E-state index contributed by atoms with van der Waals surface area (Å²) in [7, 11) is 1.55. The van der Waals surface area contributed by atoms with E-state index in [2.05, 4.69) is 15.6 Å². The number of benzene rings is 2. The third-order valence-corrected chi connectivity index (χ3v) is 6.74. The highest BCUT2D eigenvalue weighted by molar-refractivity contribution is 6.01. The van der Waals surface area contributed by atoms with E-state index in [1.807, 2.05) is 0 Å². The number of methoxy groups -OCH3 is 1. The first-order chi connectivity index (χ1) is 18.9. The van der Waals surface area contributed by atoms with Crippen molar-refractivity contribution in [2.45, 2.75) is 57.0 Å². The van der Waals surface area contributed by atoms with E-state index in [-0.39, 0.29) is 43.0 Å². The molecule has 1 aliphatic rings. The van der Waals surface area contributed by atoms with E-state index in [1.165, 1.54) is 29.2 Å². The predicted octanol–water partition coefficient (Wildman–Crippen LogP) is 5.17. The summed E-state index contributed by atoms with van der Waals surface area (Å²) in [6, 6.07) is 16.7. The Morgan fingerprint density at radius 1 is 1.00 bits per heavy atom. The summed E-state index contributed by atoms with van der Waals surface area (Å²) in [5.41, 5.74) is 0.985. The van der Waals surface area contributed by atoms with E-state index >= 15 is 0 Å². The third kappa shape index (κ3) is 7.63. The van der Waals surface area contributed by atoms with Crippen molar-refractivity contribution in [3.63, 3.8) is 0 Å². The minimum absolute atomic E-state index is 0.0239. The average Bonchev–Trinajstić information content (AvgIpc) is 3.46. The smallest absolute Gasteiger partial charge is 0.248 e. The fourth-order valence-electron chi connectivity index (χ4n) is 4.76. The number of halogens is 1. The summed E-state index contributed by atoms with van der Waals surface area (Å²) >= 11 is 0. The molecule has 0 bridgehead atoms. The van der Waals surface area contributed by atoms with Gasteiger partial charge in [-0.3, -0.25) is 19.3 Å². The lowest BCUT2D eigenvalue weighted by atomic mass is 10.0. The lowest BCUT2D eigenvalue weighted by Crippen LogP contribution is -2.46. The van der Waals surface area contributed by atoms with E-state index in [0.29, 0.717) is 22.8 Å². The maximum absolute atomic E-state index is 13.8. The van der Waals surface area contributed by atoms with Crippen molar-refractivity contribution < 1.29 is 23.5 Å². The van der Waals surface area contributed by atoms with Crippen LogP contribution >= 0.6 is 0 Å². The van der Waals surface area contributed by atoms with Crippen molar-refractivity contribution >= 4 is 29.2 Å². The maximum atomic E-state index is 13.8. The van der Waals surface area contributed by atoms with Gasteiger partial charge in [-0.25, -0.2) is 9.37 Å². The molecular formula is C30H33FN4O4. The molecule has 1 fully saturated rings. The number of rotatable bonds is 11. The van der Waals surface area contributed by atoms with Gasteiger partial charge in [0.05, 0.1) is 7.11 Å². The fraction of sp³-hybridized carbons (Fsp3) is 0.333. The molecule has 9 heteroatoms. The number of pyridine rings is 1. The number of hydrogen-bond donors (Lipinski definition) is 2. The highest BCUT2D eigenvalue weighted by Gasteiger charge is 2.34.